The Morgan fingerprint density at radius 1 is 1.59 bits per heavy atom. The molecule has 17 heavy (non-hydrogen) atoms. The quantitative estimate of drug-likeness (QED) is 0.787. The van der Waals surface area contributed by atoms with Gasteiger partial charge in [-0.1, -0.05) is 13.8 Å². The summed E-state index contributed by atoms with van der Waals surface area (Å²) in [7, 11) is 0. The fourth-order valence-corrected chi connectivity index (χ4v) is 1.77. The molecule has 1 aromatic rings. The highest BCUT2D eigenvalue weighted by atomic mass is 16.1. The van der Waals surface area contributed by atoms with Gasteiger partial charge in [0.25, 0.3) is 0 Å². The van der Waals surface area contributed by atoms with Crippen LogP contribution in [0.4, 0.5) is 0 Å². The first-order chi connectivity index (χ1) is 7.91. The summed E-state index contributed by atoms with van der Waals surface area (Å²) < 4.78 is 2.15. The van der Waals surface area contributed by atoms with E-state index in [0.29, 0.717) is 6.54 Å². The van der Waals surface area contributed by atoms with Gasteiger partial charge in [0.05, 0.1) is 5.54 Å². The molecule has 0 aromatic carbocycles. The van der Waals surface area contributed by atoms with E-state index in [1.807, 2.05) is 33.0 Å². The number of carbonyl (C=O) groups excluding carboxylic acids is 1. The zero-order chi connectivity index (χ0) is 13.1. The maximum atomic E-state index is 11.5. The molecule has 0 spiro atoms. The number of aryl methyl sites for hydroxylation is 1. The van der Waals surface area contributed by atoms with Crippen LogP contribution in [0, 0.1) is 5.92 Å². The van der Waals surface area contributed by atoms with Crippen LogP contribution < -0.4 is 11.1 Å². The van der Waals surface area contributed by atoms with Crippen molar-refractivity contribution in [2.75, 3.05) is 0 Å². The van der Waals surface area contributed by atoms with Crippen LogP contribution >= 0.6 is 0 Å². The van der Waals surface area contributed by atoms with Gasteiger partial charge in [-0.3, -0.25) is 10.1 Å². The van der Waals surface area contributed by atoms with Crippen LogP contribution in [0.2, 0.25) is 0 Å². The average molecular weight is 237 g/mol. The van der Waals surface area contributed by atoms with Crippen molar-refractivity contribution in [3.63, 3.8) is 0 Å². The fourth-order valence-electron chi connectivity index (χ4n) is 1.77. The Morgan fingerprint density at radius 2 is 2.24 bits per heavy atom. The number of nitrogens with zero attached hydrogens (tertiary/aromatic N) is 1. The summed E-state index contributed by atoms with van der Waals surface area (Å²) in [6.07, 6.45) is 2.04. The molecule has 0 fully saturated rings. The Morgan fingerprint density at radius 3 is 2.71 bits per heavy atom. The third kappa shape index (κ3) is 2.88. The first-order valence-electron chi connectivity index (χ1n) is 6.10. The molecule has 4 heteroatoms. The summed E-state index contributed by atoms with van der Waals surface area (Å²) in [6, 6.07) is 4.07. The lowest BCUT2D eigenvalue weighted by Crippen LogP contribution is -2.56. The SMILES string of the molecule is CCn1cccc1CNC(C)(C(N)=O)C(C)C. The van der Waals surface area contributed by atoms with Crippen molar-refractivity contribution < 1.29 is 4.79 Å². The van der Waals surface area contributed by atoms with Gasteiger partial charge >= 0.3 is 0 Å². The molecule has 3 N–H and O–H groups in total. The van der Waals surface area contributed by atoms with Gasteiger partial charge in [0.2, 0.25) is 5.91 Å². The Hall–Kier alpha value is -1.29. The molecule has 0 aliphatic heterocycles. The van der Waals surface area contributed by atoms with Crippen molar-refractivity contribution in [3.8, 4) is 0 Å². The van der Waals surface area contributed by atoms with Gasteiger partial charge in [0.1, 0.15) is 0 Å². The molecule has 96 valence electrons. The second kappa shape index (κ2) is 5.36. The molecular weight excluding hydrogens is 214 g/mol. The molecule has 0 aliphatic rings. The second-order valence-electron chi connectivity index (χ2n) is 4.86. The number of amides is 1. The number of carbonyl (C=O) groups is 1. The Kier molecular flexibility index (Phi) is 4.34. The first kappa shape index (κ1) is 13.8. The van der Waals surface area contributed by atoms with Crippen molar-refractivity contribution in [3.05, 3.63) is 24.0 Å². The van der Waals surface area contributed by atoms with Crippen molar-refractivity contribution in [1.82, 2.24) is 9.88 Å². The van der Waals surface area contributed by atoms with Crippen molar-refractivity contribution in [1.29, 1.82) is 0 Å². The molecule has 1 atom stereocenters. The lowest BCUT2D eigenvalue weighted by atomic mass is 9.87. The predicted octanol–water partition coefficient (Wildman–Crippen LogP) is 1.50. The Labute approximate surface area is 103 Å². The molecule has 0 saturated heterocycles. The summed E-state index contributed by atoms with van der Waals surface area (Å²) >= 11 is 0. The third-order valence-corrected chi connectivity index (χ3v) is 3.57. The van der Waals surface area contributed by atoms with Crippen LogP contribution in [0.25, 0.3) is 0 Å². The minimum Gasteiger partial charge on any atom is -0.368 e. The minimum atomic E-state index is -0.664. The number of primary amides is 1. The van der Waals surface area contributed by atoms with E-state index in [2.05, 4.69) is 22.9 Å². The number of rotatable bonds is 6. The van der Waals surface area contributed by atoms with Crippen LogP contribution in [0.1, 0.15) is 33.4 Å². The van der Waals surface area contributed by atoms with Crippen LogP contribution in [0.3, 0.4) is 0 Å². The average Bonchev–Trinajstić information content (AvgIpc) is 2.72. The van der Waals surface area contributed by atoms with Crippen LogP contribution in [-0.4, -0.2) is 16.0 Å². The molecule has 1 unspecified atom stereocenters. The Bertz CT molecular complexity index is 384. The summed E-state index contributed by atoms with van der Waals surface area (Å²) in [5.74, 6) is -0.146. The molecule has 0 saturated carbocycles. The summed E-state index contributed by atoms with van der Waals surface area (Å²) in [4.78, 5) is 11.5. The van der Waals surface area contributed by atoms with Gasteiger partial charge in [-0.2, -0.15) is 0 Å². The molecule has 4 nitrogen and oxygen atoms in total. The van der Waals surface area contributed by atoms with E-state index >= 15 is 0 Å². The van der Waals surface area contributed by atoms with Crippen molar-refractivity contribution >= 4 is 5.91 Å². The topological polar surface area (TPSA) is 60.1 Å². The molecule has 0 bridgehead atoms. The van der Waals surface area contributed by atoms with Crippen molar-refractivity contribution in [2.24, 2.45) is 11.7 Å². The second-order valence-corrected chi connectivity index (χ2v) is 4.86. The van der Waals surface area contributed by atoms with Crippen molar-refractivity contribution in [2.45, 2.75) is 46.3 Å². The van der Waals surface area contributed by atoms with E-state index in [1.54, 1.807) is 0 Å². The standard InChI is InChI=1S/C13H23N3O/c1-5-16-8-6-7-11(16)9-15-13(4,10(2)3)12(14)17/h6-8,10,15H,5,9H2,1-4H3,(H2,14,17). The van der Waals surface area contributed by atoms with Crippen LogP contribution in [0.15, 0.2) is 18.3 Å². The normalized spacial score (nSPS) is 14.9. The fraction of sp³-hybridized carbons (Fsp3) is 0.615. The van der Waals surface area contributed by atoms with Gasteiger partial charge in [-0.25, -0.2) is 0 Å². The van der Waals surface area contributed by atoms with E-state index in [1.165, 1.54) is 5.69 Å². The summed E-state index contributed by atoms with van der Waals surface area (Å²) in [5.41, 5.74) is 5.98. The monoisotopic (exact) mass is 237 g/mol. The highest BCUT2D eigenvalue weighted by molar-refractivity contribution is 5.84. The third-order valence-electron chi connectivity index (χ3n) is 3.57. The first-order valence-corrected chi connectivity index (χ1v) is 6.10. The number of nitrogens with two attached hydrogens (primary N) is 1. The molecule has 0 radical (unpaired) electrons. The molecule has 1 aromatic heterocycles. The maximum absolute atomic E-state index is 11.5. The van der Waals surface area contributed by atoms with Gasteiger partial charge in [0.15, 0.2) is 0 Å². The van der Waals surface area contributed by atoms with E-state index in [-0.39, 0.29) is 11.8 Å². The lowest BCUT2D eigenvalue weighted by Gasteiger charge is -2.31. The smallest absolute Gasteiger partial charge is 0.237 e. The molecule has 1 rings (SSSR count). The van der Waals surface area contributed by atoms with E-state index < -0.39 is 5.54 Å². The van der Waals surface area contributed by atoms with E-state index in [0.717, 1.165) is 6.54 Å². The van der Waals surface area contributed by atoms with Crippen LogP contribution in [0.5, 0.6) is 0 Å². The van der Waals surface area contributed by atoms with Gasteiger partial charge < -0.3 is 10.3 Å². The molecule has 0 aliphatic carbocycles. The number of hydrogen-bond acceptors (Lipinski definition) is 2. The molecular formula is C13H23N3O. The van der Waals surface area contributed by atoms with Gasteiger partial charge in [-0.05, 0) is 31.9 Å². The number of aromatic nitrogens is 1. The van der Waals surface area contributed by atoms with Gasteiger partial charge in [-0.15, -0.1) is 0 Å². The lowest BCUT2D eigenvalue weighted by molar-refractivity contribution is -0.125. The highest BCUT2D eigenvalue weighted by Gasteiger charge is 2.34. The maximum Gasteiger partial charge on any atom is 0.237 e. The zero-order valence-corrected chi connectivity index (χ0v) is 11.2. The van der Waals surface area contributed by atoms with E-state index in [9.17, 15) is 4.79 Å². The molecule has 1 amide bonds. The van der Waals surface area contributed by atoms with Crippen LogP contribution in [-0.2, 0) is 17.9 Å². The minimum absolute atomic E-state index is 0.157. The zero-order valence-electron chi connectivity index (χ0n) is 11.2. The Balaban J connectivity index is 2.74. The summed E-state index contributed by atoms with van der Waals surface area (Å²) in [6.45, 7) is 9.53. The largest absolute Gasteiger partial charge is 0.368 e. The number of nitrogens with one attached hydrogen (secondary N) is 1. The molecule has 1 heterocycles. The summed E-state index contributed by atoms with van der Waals surface area (Å²) in [5, 5.41) is 3.28. The van der Waals surface area contributed by atoms with E-state index in [4.69, 9.17) is 5.73 Å². The van der Waals surface area contributed by atoms with Gasteiger partial charge in [0, 0.05) is 25.0 Å². The predicted molar refractivity (Wildman–Crippen MR) is 69.4 cm³/mol. The number of hydrogen-bond donors (Lipinski definition) is 2. The highest BCUT2D eigenvalue weighted by Crippen LogP contribution is 2.17.